The average molecular weight is 371 g/mol. The maximum absolute atomic E-state index is 11.9. The largest absolute Gasteiger partial charge is 0.496 e. The first-order valence-corrected chi connectivity index (χ1v) is 9.37. The number of amides is 1. The molecule has 0 radical (unpaired) electrons. The topological polar surface area (TPSA) is 76.8 Å². The molecule has 2 aliphatic heterocycles. The molecule has 4 rings (SSSR count). The van der Waals surface area contributed by atoms with Crippen LogP contribution in [0, 0.1) is 5.92 Å². The van der Waals surface area contributed by atoms with Gasteiger partial charge >= 0.3 is 0 Å². The van der Waals surface area contributed by atoms with Crippen LogP contribution in [0.5, 0.6) is 5.75 Å². The molecule has 7 heteroatoms. The van der Waals surface area contributed by atoms with E-state index in [1.165, 1.54) is 11.8 Å². The highest BCUT2D eigenvalue weighted by molar-refractivity contribution is 5.91. The quantitative estimate of drug-likeness (QED) is 0.803. The normalized spacial score (nSPS) is 21.1. The molecule has 1 aromatic carbocycles. The van der Waals surface area contributed by atoms with E-state index in [-0.39, 0.29) is 17.3 Å². The highest BCUT2D eigenvalue weighted by Gasteiger charge is 2.52. The Labute approximate surface area is 158 Å². The summed E-state index contributed by atoms with van der Waals surface area (Å²) >= 11 is 0. The number of nitrogens with zero attached hydrogens (tertiary/aromatic N) is 2. The third-order valence-corrected chi connectivity index (χ3v) is 5.61. The second-order valence-corrected chi connectivity index (χ2v) is 7.28. The van der Waals surface area contributed by atoms with E-state index in [1.54, 1.807) is 13.2 Å². The molecule has 2 saturated heterocycles. The van der Waals surface area contributed by atoms with Gasteiger partial charge in [0.05, 0.1) is 18.9 Å². The highest BCUT2D eigenvalue weighted by Crippen LogP contribution is 2.42. The van der Waals surface area contributed by atoms with E-state index >= 15 is 0 Å². The maximum atomic E-state index is 11.9. The number of ether oxygens (including phenoxy) is 2. The molecule has 1 N–H and O–H groups in total. The standard InChI is InChI=1S/C20H25N3O4/c1-25-17-5-3-2-4-15(17)12-23-13-20(14-23)16(8-11-26-20)6-9-21-19(24)18-7-10-22-27-18/h2-5,7,10,16H,6,8-9,11-14H2,1H3,(H,21,24). The summed E-state index contributed by atoms with van der Waals surface area (Å²) in [6, 6.07) is 9.70. The summed E-state index contributed by atoms with van der Waals surface area (Å²) in [6.45, 7) is 4.12. The molecule has 144 valence electrons. The summed E-state index contributed by atoms with van der Waals surface area (Å²) in [5, 5.41) is 6.46. The molecule has 0 aliphatic carbocycles. The molecule has 1 atom stereocenters. The Kier molecular flexibility index (Phi) is 5.13. The molecule has 1 aromatic heterocycles. The minimum absolute atomic E-state index is 0.0705. The van der Waals surface area contributed by atoms with Crippen LogP contribution in [0.25, 0.3) is 0 Å². The summed E-state index contributed by atoms with van der Waals surface area (Å²) in [5.41, 5.74) is 1.13. The Morgan fingerprint density at radius 2 is 2.22 bits per heavy atom. The number of hydrogen-bond donors (Lipinski definition) is 1. The summed E-state index contributed by atoms with van der Waals surface area (Å²) in [6.07, 6.45) is 3.42. The van der Waals surface area contributed by atoms with Crippen molar-refractivity contribution in [3.63, 3.8) is 0 Å². The van der Waals surface area contributed by atoms with Gasteiger partial charge in [0, 0.05) is 44.4 Å². The van der Waals surface area contributed by atoms with Crippen LogP contribution >= 0.6 is 0 Å². The maximum Gasteiger partial charge on any atom is 0.289 e. The Bertz CT molecular complexity index is 771. The van der Waals surface area contributed by atoms with Gasteiger partial charge in [0.2, 0.25) is 5.76 Å². The van der Waals surface area contributed by atoms with Crippen molar-refractivity contribution in [1.29, 1.82) is 0 Å². The lowest BCUT2D eigenvalue weighted by atomic mass is 9.78. The van der Waals surface area contributed by atoms with Crippen molar-refractivity contribution in [2.24, 2.45) is 5.92 Å². The molecule has 3 heterocycles. The zero-order chi connectivity index (χ0) is 18.7. The minimum Gasteiger partial charge on any atom is -0.496 e. The van der Waals surface area contributed by atoms with Crippen LogP contribution in [0.1, 0.15) is 29.0 Å². The van der Waals surface area contributed by atoms with E-state index in [9.17, 15) is 4.79 Å². The number of carbonyl (C=O) groups excluding carboxylic acids is 1. The van der Waals surface area contributed by atoms with Crippen LogP contribution in [0.3, 0.4) is 0 Å². The number of para-hydroxylation sites is 1. The van der Waals surface area contributed by atoms with E-state index < -0.39 is 0 Å². The van der Waals surface area contributed by atoms with Gasteiger partial charge in [0.1, 0.15) is 5.75 Å². The summed E-state index contributed by atoms with van der Waals surface area (Å²) in [4.78, 5) is 14.3. The first-order chi connectivity index (χ1) is 13.2. The van der Waals surface area contributed by atoms with Crippen LogP contribution in [0.2, 0.25) is 0 Å². The first kappa shape index (κ1) is 18.0. The smallest absolute Gasteiger partial charge is 0.289 e. The van der Waals surface area contributed by atoms with E-state index in [0.29, 0.717) is 12.5 Å². The Morgan fingerprint density at radius 3 is 3.00 bits per heavy atom. The fourth-order valence-corrected chi connectivity index (χ4v) is 4.22. The zero-order valence-electron chi connectivity index (χ0n) is 15.5. The van der Waals surface area contributed by atoms with E-state index in [4.69, 9.17) is 14.0 Å². The molecule has 7 nitrogen and oxygen atoms in total. The zero-order valence-corrected chi connectivity index (χ0v) is 15.5. The molecule has 1 amide bonds. The first-order valence-electron chi connectivity index (χ1n) is 9.37. The van der Waals surface area contributed by atoms with Crippen molar-refractivity contribution in [2.75, 3.05) is 33.4 Å². The Balaban J connectivity index is 1.27. The molecule has 0 bridgehead atoms. The number of aromatic nitrogens is 1. The van der Waals surface area contributed by atoms with Crippen molar-refractivity contribution < 1.29 is 18.8 Å². The Morgan fingerprint density at radius 1 is 1.37 bits per heavy atom. The number of rotatable bonds is 7. The monoisotopic (exact) mass is 371 g/mol. The van der Waals surface area contributed by atoms with Gasteiger partial charge < -0.3 is 19.3 Å². The SMILES string of the molecule is COc1ccccc1CN1CC2(C1)OCCC2CCNC(=O)c1ccno1. The van der Waals surface area contributed by atoms with Crippen LogP contribution in [-0.2, 0) is 11.3 Å². The highest BCUT2D eigenvalue weighted by atomic mass is 16.5. The van der Waals surface area contributed by atoms with Gasteiger partial charge in [-0.05, 0) is 24.8 Å². The van der Waals surface area contributed by atoms with Crippen LogP contribution < -0.4 is 10.1 Å². The van der Waals surface area contributed by atoms with Crippen molar-refractivity contribution >= 4 is 5.91 Å². The molecule has 2 aliphatic rings. The number of hydrogen-bond acceptors (Lipinski definition) is 6. The summed E-state index contributed by atoms with van der Waals surface area (Å²) < 4.78 is 16.5. The van der Waals surface area contributed by atoms with Gasteiger partial charge in [-0.15, -0.1) is 0 Å². The number of nitrogens with one attached hydrogen (secondary N) is 1. The van der Waals surface area contributed by atoms with Gasteiger partial charge in [-0.25, -0.2) is 0 Å². The second-order valence-electron chi connectivity index (χ2n) is 7.28. The number of methoxy groups -OCH3 is 1. The number of benzene rings is 1. The molecular formula is C20H25N3O4. The third-order valence-electron chi connectivity index (χ3n) is 5.61. The van der Waals surface area contributed by atoms with Crippen molar-refractivity contribution in [2.45, 2.75) is 25.0 Å². The average Bonchev–Trinajstić information content (AvgIpc) is 3.32. The summed E-state index contributed by atoms with van der Waals surface area (Å²) in [7, 11) is 1.71. The van der Waals surface area contributed by atoms with Gasteiger partial charge in [0.25, 0.3) is 5.91 Å². The molecule has 0 saturated carbocycles. The third kappa shape index (κ3) is 3.70. The van der Waals surface area contributed by atoms with Crippen LogP contribution in [0.15, 0.2) is 41.1 Å². The van der Waals surface area contributed by atoms with Crippen molar-refractivity contribution in [1.82, 2.24) is 15.4 Å². The van der Waals surface area contributed by atoms with Gasteiger partial charge in [-0.1, -0.05) is 23.4 Å². The summed E-state index contributed by atoms with van der Waals surface area (Å²) in [5.74, 6) is 1.42. The lowest BCUT2D eigenvalue weighted by Crippen LogP contribution is -2.64. The number of likely N-dealkylation sites (tertiary alicyclic amines) is 1. The van der Waals surface area contributed by atoms with Crippen molar-refractivity contribution in [3.05, 3.63) is 47.9 Å². The Hall–Kier alpha value is -2.38. The van der Waals surface area contributed by atoms with E-state index in [0.717, 1.165) is 44.8 Å². The molecule has 2 fully saturated rings. The molecular weight excluding hydrogens is 346 g/mol. The predicted octanol–water partition coefficient (Wildman–Crippen LogP) is 2.09. The second kappa shape index (κ2) is 7.70. The van der Waals surface area contributed by atoms with Gasteiger partial charge in [-0.3, -0.25) is 9.69 Å². The van der Waals surface area contributed by atoms with E-state index in [2.05, 4.69) is 21.4 Å². The fraction of sp³-hybridized carbons (Fsp3) is 0.500. The lowest BCUT2D eigenvalue weighted by molar-refractivity contribution is -0.136. The van der Waals surface area contributed by atoms with Crippen LogP contribution in [0.4, 0.5) is 0 Å². The van der Waals surface area contributed by atoms with Crippen LogP contribution in [-0.4, -0.2) is 54.9 Å². The van der Waals surface area contributed by atoms with E-state index in [1.807, 2.05) is 18.2 Å². The molecule has 1 spiro atoms. The molecule has 1 unspecified atom stereocenters. The van der Waals surface area contributed by atoms with Gasteiger partial charge in [-0.2, -0.15) is 0 Å². The minimum atomic E-state index is -0.216. The lowest BCUT2D eigenvalue weighted by Gasteiger charge is -2.50. The fourth-order valence-electron chi connectivity index (χ4n) is 4.22. The molecule has 2 aromatic rings. The van der Waals surface area contributed by atoms with Gasteiger partial charge in [0.15, 0.2) is 0 Å². The predicted molar refractivity (Wildman–Crippen MR) is 98.5 cm³/mol. The van der Waals surface area contributed by atoms with Crippen molar-refractivity contribution in [3.8, 4) is 5.75 Å². The number of carbonyl (C=O) groups is 1. The molecule has 27 heavy (non-hydrogen) atoms.